The van der Waals surface area contributed by atoms with Crippen LogP contribution in [0.2, 0.25) is 0 Å². The van der Waals surface area contributed by atoms with Crippen LogP contribution in [0.25, 0.3) is 0 Å². The number of nitrogens with zero attached hydrogens (tertiary/aromatic N) is 3. The summed E-state index contributed by atoms with van der Waals surface area (Å²) in [6.45, 7) is 5.92. The molecule has 29 heavy (non-hydrogen) atoms. The second kappa shape index (κ2) is 8.14. The van der Waals surface area contributed by atoms with E-state index in [1.165, 1.54) is 6.07 Å². The highest BCUT2D eigenvalue weighted by molar-refractivity contribution is 5.93. The Labute approximate surface area is 167 Å². The summed E-state index contributed by atoms with van der Waals surface area (Å²) in [5, 5.41) is 10.0. The molecule has 10 heteroatoms. The van der Waals surface area contributed by atoms with E-state index >= 15 is 0 Å². The number of rotatable bonds is 6. The Hall–Kier alpha value is -1.81. The smallest absolute Gasteiger partial charge is 0.379 e. The Morgan fingerprint density at radius 1 is 1.38 bits per heavy atom. The quantitative estimate of drug-likeness (QED) is 0.747. The largest absolute Gasteiger partial charge is 0.410 e. The lowest BCUT2D eigenvalue weighted by Crippen LogP contribution is -2.41. The number of hydrogen-bond acceptors (Lipinski definition) is 5. The molecule has 3 aliphatic rings. The molecule has 0 unspecified atom stereocenters. The van der Waals surface area contributed by atoms with E-state index in [-0.39, 0.29) is 35.9 Å². The van der Waals surface area contributed by atoms with Crippen LogP contribution in [-0.4, -0.2) is 71.7 Å². The van der Waals surface area contributed by atoms with Crippen LogP contribution in [0.3, 0.4) is 0 Å². The number of anilines is 1. The Morgan fingerprint density at radius 3 is 2.76 bits per heavy atom. The Bertz CT molecular complexity index is 728. The average Bonchev–Trinajstić information content (AvgIpc) is 3.44. The van der Waals surface area contributed by atoms with Crippen molar-refractivity contribution in [3.63, 3.8) is 0 Å². The summed E-state index contributed by atoms with van der Waals surface area (Å²) in [4.78, 5) is 14.9. The third-order valence-corrected chi connectivity index (χ3v) is 6.00. The van der Waals surface area contributed by atoms with Gasteiger partial charge in [0.15, 0.2) is 11.7 Å². The second-order valence-corrected chi connectivity index (χ2v) is 8.36. The number of nitrogens with one attached hydrogen (secondary N) is 2. The van der Waals surface area contributed by atoms with Crippen molar-refractivity contribution in [3.05, 3.63) is 11.8 Å². The van der Waals surface area contributed by atoms with Gasteiger partial charge in [-0.25, -0.2) is 4.68 Å². The third-order valence-electron chi connectivity index (χ3n) is 6.00. The zero-order chi connectivity index (χ0) is 20.6. The van der Waals surface area contributed by atoms with Crippen LogP contribution in [0.1, 0.15) is 49.1 Å². The molecule has 2 N–H and O–H groups in total. The van der Waals surface area contributed by atoms with E-state index < -0.39 is 18.1 Å². The molecule has 1 amide bonds. The summed E-state index contributed by atoms with van der Waals surface area (Å²) in [5.41, 5.74) is 0.0245. The summed E-state index contributed by atoms with van der Waals surface area (Å²) < 4.78 is 47.0. The number of fused-ring (bicyclic) bond motifs is 1. The summed E-state index contributed by atoms with van der Waals surface area (Å²) >= 11 is 0. The number of morpholine rings is 1. The van der Waals surface area contributed by atoms with Crippen molar-refractivity contribution in [2.45, 2.75) is 56.9 Å². The Balaban J connectivity index is 1.39. The fraction of sp³-hybridized carbons (Fsp3) is 0.789. The Kier molecular flexibility index (Phi) is 5.74. The average molecular weight is 415 g/mol. The lowest BCUT2D eigenvalue weighted by atomic mass is 10.0. The van der Waals surface area contributed by atoms with Crippen LogP contribution in [0.5, 0.6) is 0 Å². The molecule has 3 atom stereocenters. The first-order valence-corrected chi connectivity index (χ1v) is 10.3. The topological polar surface area (TPSA) is 71.4 Å². The van der Waals surface area contributed by atoms with Gasteiger partial charge in [-0.15, -0.1) is 0 Å². The zero-order valence-corrected chi connectivity index (χ0v) is 16.5. The van der Waals surface area contributed by atoms with Crippen molar-refractivity contribution >= 4 is 11.7 Å². The zero-order valence-electron chi connectivity index (χ0n) is 16.5. The van der Waals surface area contributed by atoms with Gasteiger partial charge in [-0.1, -0.05) is 0 Å². The number of carbonyl (C=O) groups is 1. The van der Waals surface area contributed by atoms with Crippen molar-refractivity contribution in [3.8, 4) is 0 Å². The molecule has 0 spiro atoms. The SMILES string of the molecule is C[C@H](CCN1CCOCC1)NC(=O)c1cc2n(n1)[C@@H](C(F)(F)F)C[C@@H](C1CC1)N2. The standard InChI is InChI=1S/C19H28F3N5O2/c1-12(4-5-26-6-8-29-9-7-26)23-18(28)15-11-17-24-14(13-2-3-13)10-16(19(20,21)22)27(17)25-15/h11-14,16,24H,2-10H2,1H3,(H,23,28)/t12-,14+,16-/m1/s1. The monoisotopic (exact) mass is 415 g/mol. The minimum Gasteiger partial charge on any atom is -0.379 e. The molecule has 1 aliphatic carbocycles. The number of alkyl halides is 3. The van der Waals surface area contributed by atoms with Gasteiger partial charge in [-0.2, -0.15) is 18.3 Å². The molecule has 1 saturated carbocycles. The number of amides is 1. The number of hydrogen-bond donors (Lipinski definition) is 2. The highest BCUT2D eigenvalue weighted by atomic mass is 19.4. The van der Waals surface area contributed by atoms with Crippen LogP contribution in [0, 0.1) is 5.92 Å². The molecule has 0 radical (unpaired) electrons. The summed E-state index contributed by atoms with van der Waals surface area (Å²) in [7, 11) is 0. The normalized spacial score (nSPS) is 26.5. The molecule has 1 aromatic heterocycles. The molecule has 0 bridgehead atoms. The number of aromatic nitrogens is 2. The number of halogens is 3. The highest BCUT2D eigenvalue weighted by Gasteiger charge is 2.49. The highest BCUT2D eigenvalue weighted by Crippen LogP contribution is 2.45. The van der Waals surface area contributed by atoms with Gasteiger partial charge in [-0.05, 0) is 38.5 Å². The van der Waals surface area contributed by atoms with E-state index in [0.717, 1.165) is 56.8 Å². The molecule has 4 rings (SSSR count). The fourth-order valence-corrected chi connectivity index (χ4v) is 4.09. The van der Waals surface area contributed by atoms with Crippen LogP contribution in [0.15, 0.2) is 6.07 Å². The van der Waals surface area contributed by atoms with E-state index in [9.17, 15) is 18.0 Å². The van der Waals surface area contributed by atoms with Crippen LogP contribution in [-0.2, 0) is 4.74 Å². The van der Waals surface area contributed by atoms with Crippen LogP contribution >= 0.6 is 0 Å². The van der Waals surface area contributed by atoms with Crippen LogP contribution in [0.4, 0.5) is 19.0 Å². The van der Waals surface area contributed by atoms with Gasteiger partial charge in [0.05, 0.1) is 13.2 Å². The van der Waals surface area contributed by atoms with Crippen molar-refractivity contribution in [1.82, 2.24) is 20.0 Å². The van der Waals surface area contributed by atoms with E-state index in [2.05, 4.69) is 20.6 Å². The summed E-state index contributed by atoms with van der Waals surface area (Å²) in [6, 6.07) is -0.564. The molecule has 2 aliphatic heterocycles. The van der Waals surface area contributed by atoms with Gasteiger partial charge in [0.1, 0.15) is 5.82 Å². The van der Waals surface area contributed by atoms with Crippen molar-refractivity contribution in [2.24, 2.45) is 5.92 Å². The predicted octanol–water partition coefficient (Wildman–Crippen LogP) is 2.42. The first-order valence-electron chi connectivity index (χ1n) is 10.3. The van der Waals surface area contributed by atoms with Gasteiger partial charge in [0, 0.05) is 37.8 Å². The van der Waals surface area contributed by atoms with Crippen molar-refractivity contribution in [1.29, 1.82) is 0 Å². The predicted molar refractivity (Wildman–Crippen MR) is 101 cm³/mol. The maximum absolute atomic E-state index is 13.6. The van der Waals surface area contributed by atoms with E-state index in [1.807, 2.05) is 6.92 Å². The minimum absolute atomic E-state index is 0.0245. The molecule has 2 fully saturated rings. The first-order chi connectivity index (χ1) is 13.8. The van der Waals surface area contributed by atoms with Crippen molar-refractivity contribution in [2.75, 3.05) is 38.2 Å². The van der Waals surface area contributed by atoms with Gasteiger partial charge in [0.25, 0.3) is 5.91 Å². The lowest BCUT2D eigenvalue weighted by Gasteiger charge is -2.33. The molecular formula is C19H28F3N5O2. The first kappa shape index (κ1) is 20.5. The maximum atomic E-state index is 13.6. The van der Waals surface area contributed by atoms with E-state index in [1.54, 1.807) is 0 Å². The van der Waals surface area contributed by atoms with E-state index in [0.29, 0.717) is 0 Å². The molecule has 1 saturated heterocycles. The molecule has 162 valence electrons. The van der Waals surface area contributed by atoms with E-state index in [4.69, 9.17) is 4.74 Å². The maximum Gasteiger partial charge on any atom is 0.410 e. The second-order valence-electron chi connectivity index (χ2n) is 8.36. The molecule has 7 nitrogen and oxygen atoms in total. The summed E-state index contributed by atoms with van der Waals surface area (Å²) in [5.74, 6) is 0.120. The molecule has 0 aromatic carbocycles. The summed E-state index contributed by atoms with van der Waals surface area (Å²) in [6.07, 6.45) is -1.78. The Morgan fingerprint density at radius 2 is 2.10 bits per heavy atom. The van der Waals surface area contributed by atoms with Gasteiger partial charge in [-0.3, -0.25) is 9.69 Å². The molecular weight excluding hydrogens is 387 g/mol. The third kappa shape index (κ3) is 4.85. The fourth-order valence-electron chi connectivity index (χ4n) is 4.09. The molecule has 3 heterocycles. The van der Waals surface area contributed by atoms with Crippen LogP contribution < -0.4 is 10.6 Å². The van der Waals surface area contributed by atoms with Crippen molar-refractivity contribution < 1.29 is 22.7 Å². The minimum atomic E-state index is -4.39. The number of ether oxygens (including phenoxy) is 1. The lowest BCUT2D eigenvalue weighted by molar-refractivity contribution is -0.174. The number of carbonyl (C=O) groups excluding carboxylic acids is 1. The van der Waals surface area contributed by atoms with Gasteiger partial charge in [0.2, 0.25) is 0 Å². The molecule has 1 aromatic rings. The van der Waals surface area contributed by atoms with Gasteiger partial charge >= 0.3 is 6.18 Å². The van der Waals surface area contributed by atoms with Gasteiger partial charge < -0.3 is 15.4 Å².